The molecule has 0 aliphatic heterocycles. The van der Waals surface area contributed by atoms with Gasteiger partial charge < -0.3 is 5.32 Å². The molecule has 1 rings (SSSR count). The molecule has 0 aliphatic carbocycles. The number of carbonyl (C=O) groups is 1. The highest BCUT2D eigenvalue weighted by atomic mass is 32.2. The molecule has 1 aromatic rings. The Morgan fingerprint density at radius 1 is 1.29 bits per heavy atom. The van der Waals surface area contributed by atoms with Gasteiger partial charge in [-0.05, 0) is 24.1 Å². The summed E-state index contributed by atoms with van der Waals surface area (Å²) in [6.45, 7) is 1.91. The van der Waals surface area contributed by atoms with E-state index in [0.29, 0.717) is 5.56 Å². The molecule has 0 aromatic heterocycles. The minimum atomic E-state index is -4.03. The average molecular weight is 257 g/mol. The van der Waals surface area contributed by atoms with E-state index in [1.54, 1.807) is 12.1 Å². The van der Waals surface area contributed by atoms with Crippen LogP contribution in [0.2, 0.25) is 0 Å². The maximum Gasteiger partial charge on any atom is 0.266 e. The molecule has 0 aliphatic rings. The molecule has 0 fully saturated rings. The largest absolute Gasteiger partial charge is 0.351 e. The van der Waals surface area contributed by atoms with E-state index in [2.05, 4.69) is 5.32 Å². The number of carbonyl (C=O) groups excluding carboxylic acids is 1. The summed E-state index contributed by atoms with van der Waals surface area (Å²) in [5.41, 5.74) is 1.59. The van der Waals surface area contributed by atoms with Crippen LogP contribution in [-0.4, -0.2) is 31.2 Å². The number of amides is 1. The smallest absolute Gasteiger partial charge is 0.266 e. The van der Waals surface area contributed by atoms with Gasteiger partial charge in [0, 0.05) is 12.1 Å². The van der Waals surface area contributed by atoms with Crippen molar-refractivity contribution in [2.75, 3.05) is 12.3 Å². The van der Waals surface area contributed by atoms with Gasteiger partial charge in [-0.1, -0.05) is 19.1 Å². The SMILES string of the molecule is CCc1ccc(C(=O)NCCS(=O)(=O)O)cc1. The predicted molar refractivity (Wildman–Crippen MR) is 64.6 cm³/mol. The lowest BCUT2D eigenvalue weighted by atomic mass is 10.1. The highest BCUT2D eigenvalue weighted by Gasteiger charge is 2.08. The molecular formula is C11H15NO4S. The first-order chi connectivity index (χ1) is 7.92. The van der Waals surface area contributed by atoms with Crippen LogP contribution < -0.4 is 5.32 Å². The second-order valence-corrected chi connectivity index (χ2v) is 5.16. The van der Waals surface area contributed by atoms with E-state index < -0.39 is 15.9 Å². The molecule has 0 bridgehead atoms. The highest BCUT2D eigenvalue weighted by Crippen LogP contribution is 2.04. The minimum absolute atomic E-state index is 0.104. The second kappa shape index (κ2) is 5.79. The lowest BCUT2D eigenvalue weighted by molar-refractivity contribution is 0.0956. The van der Waals surface area contributed by atoms with Crippen LogP contribution in [0.3, 0.4) is 0 Å². The topological polar surface area (TPSA) is 83.5 Å². The second-order valence-electron chi connectivity index (χ2n) is 3.59. The third-order valence-corrected chi connectivity index (χ3v) is 2.99. The van der Waals surface area contributed by atoms with Crippen molar-refractivity contribution in [3.05, 3.63) is 35.4 Å². The van der Waals surface area contributed by atoms with Crippen molar-refractivity contribution in [3.63, 3.8) is 0 Å². The zero-order chi connectivity index (χ0) is 12.9. The van der Waals surface area contributed by atoms with Crippen LogP contribution in [0.25, 0.3) is 0 Å². The van der Waals surface area contributed by atoms with Gasteiger partial charge in [0.2, 0.25) is 0 Å². The number of aryl methyl sites for hydroxylation is 1. The third kappa shape index (κ3) is 4.97. The first-order valence-corrected chi connectivity index (χ1v) is 6.85. The van der Waals surface area contributed by atoms with Crippen molar-refractivity contribution in [1.82, 2.24) is 5.32 Å². The Balaban J connectivity index is 2.52. The van der Waals surface area contributed by atoms with E-state index in [9.17, 15) is 13.2 Å². The van der Waals surface area contributed by atoms with E-state index >= 15 is 0 Å². The summed E-state index contributed by atoms with van der Waals surface area (Å²) >= 11 is 0. The number of benzene rings is 1. The maximum atomic E-state index is 11.5. The number of nitrogens with one attached hydrogen (secondary N) is 1. The Hall–Kier alpha value is -1.40. The Kier molecular flexibility index (Phi) is 4.65. The molecule has 17 heavy (non-hydrogen) atoms. The van der Waals surface area contributed by atoms with Gasteiger partial charge in [0.05, 0.1) is 5.75 Å². The summed E-state index contributed by atoms with van der Waals surface area (Å²) in [6, 6.07) is 7.05. The van der Waals surface area contributed by atoms with Gasteiger partial charge in [0.25, 0.3) is 16.0 Å². The number of hydrogen-bond acceptors (Lipinski definition) is 3. The van der Waals surface area contributed by atoms with E-state index in [0.717, 1.165) is 12.0 Å². The van der Waals surface area contributed by atoms with Crippen molar-refractivity contribution >= 4 is 16.0 Å². The van der Waals surface area contributed by atoms with Crippen LogP contribution in [0.15, 0.2) is 24.3 Å². The van der Waals surface area contributed by atoms with E-state index in [1.807, 2.05) is 19.1 Å². The molecule has 1 amide bonds. The zero-order valence-electron chi connectivity index (χ0n) is 9.51. The predicted octanol–water partition coefficient (Wildman–Crippen LogP) is 0.867. The van der Waals surface area contributed by atoms with Crippen molar-refractivity contribution in [3.8, 4) is 0 Å². The van der Waals surface area contributed by atoms with Crippen LogP contribution in [0.4, 0.5) is 0 Å². The molecule has 6 heteroatoms. The molecule has 0 saturated carbocycles. The Morgan fingerprint density at radius 2 is 1.88 bits per heavy atom. The van der Waals surface area contributed by atoms with Crippen molar-refractivity contribution in [2.24, 2.45) is 0 Å². The van der Waals surface area contributed by atoms with E-state index in [1.165, 1.54) is 0 Å². The third-order valence-electron chi connectivity index (χ3n) is 2.27. The van der Waals surface area contributed by atoms with Crippen molar-refractivity contribution in [1.29, 1.82) is 0 Å². The Morgan fingerprint density at radius 3 is 2.35 bits per heavy atom. The number of hydrogen-bond donors (Lipinski definition) is 2. The normalized spacial score (nSPS) is 11.2. The molecular weight excluding hydrogens is 242 g/mol. The van der Waals surface area contributed by atoms with Crippen molar-refractivity contribution < 1.29 is 17.8 Å². The summed E-state index contributed by atoms with van der Waals surface area (Å²) in [5.74, 6) is -0.831. The Bertz CT molecular complexity index is 479. The quantitative estimate of drug-likeness (QED) is 0.766. The van der Waals surface area contributed by atoms with Gasteiger partial charge in [-0.15, -0.1) is 0 Å². The fraction of sp³-hybridized carbons (Fsp3) is 0.364. The zero-order valence-corrected chi connectivity index (χ0v) is 10.3. The first-order valence-electron chi connectivity index (χ1n) is 5.24. The van der Waals surface area contributed by atoms with Gasteiger partial charge >= 0.3 is 0 Å². The molecule has 0 atom stereocenters. The van der Waals surface area contributed by atoms with Crippen LogP contribution in [0, 0.1) is 0 Å². The highest BCUT2D eigenvalue weighted by molar-refractivity contribution is 7.85. The molecule has 5 nitrogen and oxygen atoms in total. The van der Waals surface area contributed by atoms with E-state index in [4.69, 9.17) is 4.55 Å². The summed E-state index contributed by atoms with van der Waals surface area (Å²) in [7, 11) is -4.03. The van der Waals surface area contributed by atoms with Crippen LogP contribution in [0.1, 0.15) is 22.8 Å². The Labute approximate surface area is 101 Å². The molecule has 1 aromatic carbocycles. The monoisotopic (exact) mass is 257 g/mol. The lowest BCUT2D eigenvalue weighted by Gasteiger charge is -2.04. The summed E-state index contributed by atoms with van der Waals surface area (Å²) in [6.07, 6.45) is 0.894. The molecule has 0 unspecified atom stereocenters. The molecule has 0 spiro atoms. The van der Waals surface area contributed by atoms with Crippen LogP contribution in [-0.2, 0) is 16.5 Å². The van der Waals surface area contributed by atoms with Gasteiger partial charge in [-0.3, -0.25) is 9.35 Å². The molecule has 0 heterocycles. The molecule has 2 N–H and O–H groups in total. The summed E-state index contributed by atoms with van der Waals surface area (Å²) in [4.78, 5) is 11.5. The summed E-state index contributed by atoms with van der Waals surface area (Å²) < 4.78 is 29.4. The van der Waals surface area contributed by atoms with Crippen LogP contribution >= 0.6 is 0 Å². The van der Waals surface area contributed by atoms with Gasteiger partial charge in [-0.25, -0.2) is 0 Å². The molecule has 0 radical (unpaired) electrons. The molecule has 94 valence electrons. The maximum absolute atomic E-state index is 11.5. The summed E-state index contributed by atoms with van der Waals surface area (Å²) in [5, 5.41) is 2.41. The van der Waals surface area contributed by atoms with Gasteiger partial charge in [0.15, 0.2) is 0 Å². The van der Waals surface area contributed by atoms with Crippen LogP contribution in [0.5, 0.6) is 0 Å². The fourth-order valence-corrected chi connectivity index (χ4v) is 1.65. The van der Waals surface area contributed by atoms with Gasteiger partial charge in [0.1, 0.15) is 0 Å². The fourth-order valence-electron chi connectivity index (χ4n) is 1.29. The van der Waals surface area contributed by atoms with Gasteiger partial charge in [-0.2, -0.15) is 8.42 Å². The number of rotatable bonds is 5. The average Bonchev–Trinajstić information content (AvgIpc) is 2.27. The standard InChI is InChI=1S/C11H15NO4S/c1-2-9-3-5-10(6-4-9)11(13)12-7-8-17(14,15)16/h3-6H,2,7-8H2,1H3,(H,12,13)(H,14,15,16). The first kappa shape index (κ1) is 13.7. The molecule has 0 saturated heterocycles. The lowest BCUT2D eigenvalue weighted by Crippen LogP contribution is -2.28. The minimum Gasteiger partial charge on any atom is -0.351 e. The van der Waals surface area contributed by atoms with E-state index in [-0.39, 0.29) is 12.5 Å². The van der Waals surface area contributed by atoms with Crippen molar-refractivity contribution in [2.45, 2.75) is 13.3 Å².